The van der Waals surface area contributed by atoms with Gasteiger partial charge in [0.25, 0.3) is 0 Å². The molecule has 5 heteroatoms. The van der Waals surface area contributed by atoms with Crippen LogP contribution in [-0.2, 0) is 13.0 Å². The molecule has 1 N–H and O–H groups in total. The SMILES string of the molecule is COc1ccc(OC)c(CCn2cncc2-c2c[nH]c3ccccc23)c1. The molecule has 4 aromatic rings. The monoisotopic (exact) mass is 347 g/mol. The molecule has 0 aliphatic heterocycles. The van der Waals surface area contributed by atoms with E-state index in [9.17, 15) is 0 Å². The molecular formula is C21H21N3O2. The first-order valence-electron chi connectivity index (χ1n) is 8.57. The number of hydrogen-bond acceptors (Lipinski definition) is 3. The van der Waals surface area contributed by atoms with Gasteiger partial charge in [0, 0.05) is 29.2 Å². The van der Waals surface area contributed by atoms with Crippen molar-refractivity contribution in [2.45, 2.75) is 13.0 Å². The zero-order valence-corrected chi connectivity index (χ0v) is 14.9. The van der Waals surface area contributed by atoms with E-state index in [0.29, 0.717) is 0 Å². The molecule has 0 aliphatic rings. The number of nitrogens with one attached hydrogen (secondary N) is 1. The number of aromatic nitrogens is 3. The summed E-state index contributed by atoms with van der Waals surface area (Å²) in [5, 5.41) is 1.20. The maximum absolute atomic E-state index is 5.49. The molecule has 0 atom stereocenters. The number of aryl methyl sites for hydroxylation is 2. The smallest absolute Gasteiger partial charge is 0.122 e. The Morgan fingerprint density at radius 3 is 2.81 bits per heavy atom. The summed E-state index contributed by atoms with van der Waals surface area (Å²) in [7, 11) is 3.37. The van der Waals surface area contributed by atoms with Gasteiger partial charge in [-0.1, -0.05) is 18.2 Å². The molecule has 2 aromatic carbocycles. The lowest BCUT2D eigenvalue weighted by Crippen LogP contribution is -2.03. The predicted molar refractivity (Wildman–Crippen MR) is 103 cm³/mol. The van der Waals surface area contributed by atoms with Crippen LogP contribution in [0.1, 0.15) is 5.56 Å². The highest BCUT2D eigenvalue weighted by atomic mass is 16.5. The molecule has 132 valence electrons. The van der Waals surface area contributed by atoms with E-state index >= 15 is 0 Å². The van der Waals surface area contributed by atoms with Crippen LogP contribution in [0, 0.1) is 0 Å². The first-order valence-corrected chi connectivity index (χ1v) is 8.57. The highest BCUT2D eigenvalue weighted by Crippen LogP contribution is 2.29. The Morgan fingerprint density at radius 2 is 1.96 bits per heavy atom. The molecule has 0 fully saturated rings. The summed E-state index contributed by atoms with van der Waals surface area (Å²) in [4.78, 5) is 7.70. The Kier molecular flexibility index (Phi) is 4.35. The van der Waals surface area contributed by atoms with Crippen molar-refractivity contribution in [1.29, 1.82) is 0 Å². The average molecular weight is 347 g/mol. The van der Waals surface area contributed by atoms with Gasteiger partial charge in [-0.05, 0) is 36.2 Å². The van der Waals surface area contributed by atoms with E-state index in [1.165, 1.54) is 5.39 Å². The molecule has 2 aromatic heterocycles. The number of hydrogen-bond donors (Lipinski definition) is 1. The quantitative estimate of drug-likeness (QED) is 0.566. The summed E-state index contributed by atoms with van der Waals surface area (Å²) in [6.07, 6.45) is 6.67. The van der Waals surface area contributed by atoms with Crippen molar-refractivity contribution in [1.82, 2.24) is 14.5 Å². The third-order valence-corrected chi connectivity index (χ3v) is 4.69. The van der Waals surface area contributed by atoms with Crippen molar-refractivity contribution >= 4 is 10.9 Å². The number of benzene rings is 2. The Bertz CT molecular complexity index is 1030. The van der Waals surface area contributed by atoms with Crippen LogP contribution in [0.25, 0.3) is 22.2 Å². The lowest BCUT2D eigenvalue weighted by Gasteiger charge is -2.12. The number of imidazole rings is 1. The molecule has 0 spiro atoms. The highest BCUT2D eigenvalue weighted by Gasteiger charge is 2.12. The first-order chi connectivity index (χ1) is 12.8. The molecule has 26 heavy (non-hydrogen) atoms. The number of para-hydroxylation sites is 1. The standard InChI is InChI=1S/C21H21N3O2/c1-25-16-7-8-21(26-2)15(11-16)9-10-24-14-22-13-20(24)18-12-23-19-6-4-3-5-17(18)19/h3-8,11-14,23H,9-10H2,1-2H3. The van der Waals surface area contributed by atoms with Crippen molar-refractivity contribution in [2.75, 3.05) is 14.2 Å². The zero-order valence-electron chi connectivity index (χ0n) is 14.9. The molecule has 2 heterocycles. The number of ether oxygens (including phenoxy) is 2. The molecule has 0 unspecified atom stereocenters. The van der Waals surface area contributed by atoms with E-state index in [2.05, 4.69) is 32.7 Å². The van der Waals surface area contributed by atoms with Crippen molar-refractivity contribution in [2.24, 2.45) is 0 Å². The summed E-state index contributed by atoms with van der Waals surface area (Å²) in [6, 6.07) is 14.2. The number of fused-ring (bicyclic) bond motifs is 1. The third-order valence-electron chi connectivity index (χ3n) is 4.69. The number of methoxy groups -OCH3 is 2. The molecule has 5 nitrogen and oxygen atoms in total. The van der Waals surface area contributed by atoms with E-state index in [1.807, 2.05) is 43.0 Å². The van der Waals surface area contributed by atoms with Crippen molar-refractivity contribution in [3.63, 3.8) is 0 Å². The van der Waals surface area contributed by atoms with Crippen molar-refractivity contribution < 1.29 is 9.47 Å². The van der Waals surface area contributed by atoms with Gasteiger partial charge in [0.05, 0.1) is 32.4 Å². The predicted octanol–water partition coefficient (Wildman–Crippen LogP) is 4.29. The molecule has 0 saturated carbocycles. The summed E-state index contributed by atoms with van der Waals surface area (Å²) in [5.74, 6) is 1.71. The normalized spacial score (nSPS) is 11.0. The molecule has 0 aliphatic carbocycles. The largest absolute Gasteiger partial charge is 0.497 e. The van der Waals surface area contributed by atoms with Crippen LogP contribution in [-0.4, -0.2) is 28.8 Å². The molecule has 0 bridgehead atoms. The van der Waals surface area contributed by atoms with E-state index < -0.39 is 0 Å². The van der Waals surface area contributed by atoms with Crippen molar-refractivity contribution in [3.05, 3.63) is 66.7 Å². The van der Waals surface area contributed by atoms with Gasteiger partial charge in [0.15, 0.2) is 0 Å². The second kappa shape index (κ2) is 6.96. The van der Waals surface area contributed by atoms with Crippen LogP contribution in [0.15, 0.2) is 61.2 Å². The van der Waals surface area contributed by atoms with Gasteiger partial charge in [-0.2, -0.15) is 0 Å². The maximum Gasteiger partial charge on any atom is 0.122 e. The maximum atomic E-state index is 5.49. The van der Waals surface area contributed by atoms with E-state index in [4.69, 9.17) is 9.47 Å². The second-order valence-corrected chi connectivity index (χ2v) is 6.15. The minimum absolute atomic E-state index is 0.804. The number of rotatable bonds is 6. The molecule has 0 amide bonds. The summed E-state index contributed by atoms with van der Waals surface area (Å²) in [6.45, 7) is 0.804. The van der Waals surface area contributed by atoms with Gasteiger partial charge in [-0.15, -0.1) is 0 Å². The summed E-state index contributed by atoms with van der Waals surface area (Å²) in [5.41, 5.74) is 4.51. The number of nitrogens with zero attached hydrogens (tertiary/aromatic N) is 2. The fraction of sp³-hybridized carbons (Fsp3) is 0.190. The topological polar surface area (TPSA) is 52.1 Å². The van der Waals surface area contributed by atoms with Crippen LogP contribution in [0.5, 0.6) is 11.5 Å². The van der Waals surface area contributed by atoms with Gasteiger partial charge in [-0.25, -0.2) is 4.98 Å². The minimum Gasteiger partial charge on any atom is -0.497 e. The molecule has 0 saturated heterocycles. The van der Waals surface area contributed by atoms with Gasteiger partial charge >= 0.3 is 0 Å². The summed E-state index contributed by atoms with van der Waals surface area (Å²) < 4.78 is 13.0. The molecule has 0 radical (unpaired) electrons. The lowest BCUT2D eigenvalue weighted by atomic mass is 10.1. The van der Waals surface area contributed by atoms with Gasteiger partial charge in [-0.3, -0.25) is 0 Å². The Labute approximate surface area is 152 Å². The number of aromatic amines is 1. The Morgan fingerprint density at radius 1 is 1.08 bits per heavy atom. The first kappa shape index (κ1) is 16.3. The van der Waals surface area contributed by atoms with Crippen LogP contribution < -0.4 is 9.47 Å². The zero-order chi connectivity index (χ0) is 17.9. The lowest BCUT2D eigenvalue weighted by molar-refractivity contribution is 0.397. The van der Waals surface area contributed by atoms with E-state index in [0.717, 1.165) is 46.8 Å². The van der Waals surface area contributed by atoms with Crippen LogP contribution in [0.3, 0.4) is 0 Å². The third kappa shape index (κ3) is 2.92. The minimum atomic E-state index is 0.804. The Hall–Kier alpha value is -3.21. The summed E-state index contributed by atoms with van der Waals surface area (Å²) >= 11 is 0. The van der Waals surface area contributed by atoms with E-state index in [1.54, 1.807) is 14.2 Å². The average Bonchev–Trinajstić information content (AvgIpc) is 3.32. The Balaban J connectivity index is 1.63. The second-order valence-electron chi connectivity index (χ2n) is 6.15. The van der Waals surface area contributed by atoms with Crippen LogP contribution >= 0.6 is 0 Å². The van der Waals surface area contributed by atoms with Crippen molar-refractivity contribution in [3.8, 4) is 22.8 Å². The molecular weight excluding hydrogens is 326 g/mol. The van der Waals surface area contributed by atoms with Crippen LogP contribution in [0.4, 0.5) is 0 Å². The van der Waals surface area contributed by atoms with Gasteiger partial charge in [0.1, 0.15) is 11.5 Å². The van der Waals surface area contributed by atoms with Gasteiger partial charge < -0.3 is 19.0 Å². The van der Waals surface area contributed by atoms with E-state index in [-0.39, 0.29) is 0 Å². The fourth-order valence-corrected chi connectivity index (χ4v) is 3.32. The number of H-pyrrole nitrogens is 1. The van der Waals surface area contributed by atoms with Gasteiger partial charge in [0.2, 0.25) is 0 Å². The fourth-order valence-electron chi connectivity index (χ4n) is 3.32. The highest BCUT2D eigenvalue weighted by molar-refractivity contribution is 5.94. The molecule has 4 rings (SSSR count). The van der Waals surface area contributed by atoms with Crippen LogP contribution in [0.2, 0.25) is 0 Å².